The third-order valence-corrected chi connectivity index (χ3v) is 8.39. The minimum atomic E-state index is -3.51. The fourth-order valence-electron chi connectivity index (χ4n) is 4.67. The van der Waals surface area contributed by atoms with Gasteiger partial charge in [-0.1, -0.05) is 32.6 Å². The summed E-state index contributed by atoms with van der Waals surface area (Å²) in [6.07, 6.45) is 8.33. The van der Waals surface area contributed by atoms with E-state index < -0.39 is 27.8 Å². The summed E-state index contributed by atoms with van der Waals surface area (Å²) >= 11 is 0. The average Bonchev–Trinajstić information content (AvgIpc) is 3.23. The molecule has 1 heterocycles. The molecule has 0 aromatic heterocycles. The Bertz CT molecular complexity index is 643. The summed E-state index contributed by atoms with van der Waals surface area (Å²) in [6.45, 7) is 3.03. The van der Waals surface area contributed by atoms with E-state index in [9.17, 15) is 23.2 Å². The summed E-state index contributed by atoms with van der Waals surface area (Å²) in [6, 6.07) is 0. The number of hydroxylamine groups is 1. The highest BCUT2D eigenvalue weighted by Crippen LogP contribution is 2.34. The molecule has 1 saturated carbocycles. The molecule has 0 aromatic rings. The third-order valence-electron chi connectivity index (χ3n) is 6.37. The number of carbonyl (C=O) groups is 2. The number of carbonyl (C=O) groups excluding carboxylic acids is 2. The summed E-state index contributed by atoms with van der Waals surface area (Å²) in [5.74, 6) is -1.94. The van der Waals surface area contributed by atoms with Crippen LogP contribution in [0.15, 0.2) is 0 Å². The zero-order valence-electron chi connectivity index (χ0n) is 17.8. The third kappa shape index (κ3) is 6.65. The maximum absolute atomic E-state index is 13.4. The molecule has 2 rings (SSSR count). The van der Waals surface area contributed by atoms with E-state index in [4.69, 9.17) is 0 Å². The van der Waals surface area contributed by atoms with E-state index in [1.807, 2.05) is 4.90 Å². The lowest BCUT2D eigenvalue weighted by Crippen LogP contribution is -2.49. The van der Waals surface area contributed by atoms with Crippen LogP contribution in [0.5, 0.6) is 0 Å². The molecular weight excluding hydrogens is 394 g/mol. The average molecular weight is 432 g/mol. The van der Waals surface area contributed by atoms with Gasteiger partial charge in [-0.3, -0.25) is 14.8 Å². The van der Waals surface area contributed by atoms with E-state index in [0.29, 0.717) is 31.8 Å². The van der Waals surface area contributed by atoms with Crippen molar-refractivity contribution < 1.29 is 23.2 Å². The topological polar surface area (TPSA) is 107 Å². The zero-order chi connectivity index (χ0) is 21.4. The van der Waals surface area contributed by atoms with E-state index in [2.05, 4.69) is 0 Å². The van der Waals surface area contributed by atoms with Crippen LogP contribution in [-0.2, 0) is 19.6 Å². The molecule has 9 heteroatoms. The lowest BCUT2D eigenvalue weighted by atomic mass is 9.81. The minimum absolute atomic E-state index is 0.00960. The Hall–Kier alpha value is -1.19. The summed E-state index contributed by atoms with van der Waals surface area (Å²) in [7, 11) is -2.07. The number of nitrogens with zero attached hydrogens (tertiary/aromatic N) is 2. The SMILES string of the molecule is CCCS(=O)(=O)N(C)CC(C(=O)NO)C(CC1CCCC1)C(=O)N1CCCCC1. The van der Waals surface area contributed by atoms with E-state index in [-0.39, 0.29) is 18.2 Å². The molecule has 1 aliphatic carbocycles. The van der Waals surface area contributed by atoms with Crippen LogP contribution in [0.2, 0.25) is 0 Å². The highest BCUT2D eigenvalue weighted by Gasteiger charge is 2.40. The number of rotatable bonds is 10. The number of likely N-dealkylation sites (tertiary alicyclic amines) is 1. The van der Waals surface area contributed by atoms with Gasteiger partial charge in [0.1, 0.15) is 0 Å². The van der Waals surface area contributed by atoms with Gasteiger partial charge in [-0.25, -0.2) is 18.2 Å². The number of hydrogen-bond acceptors (Lipinski definition) is 5. The van der Waals surface area contributed by atoms with E-state index in [1.165, 1.54) is 11.4 Å². The van der Waals surface area contributed by atoms with Crippen LogP contribution in [0, 0.1) is 17.8 Å². The van der Waals surface area contributed by atoms with Crippen LogP contribution in [0.4, 0.5) is 0 Å². The van der Waals surface area contributed by atoms with Crippen LogP contribution < -0.4 is 5.48 Å². The van der Waals surface area contributed by atoms with Gasteiger partial charge in [-0.15, -0.1) is 0 Å². The maximum Gasteiger partial charge on any atom is 0.248 e. The van der Waals surface area contributed by atoms with Gasteiger partial charge in [-0.05, 0) is 38.0 Å². The number of piperidine rings is 1. The zero-order valence-corrected chi connectivity index (χ0v) is 18.6. The largest absolute Gasteiger partial charge is 0.342 e. The Labute approximate surface area is 175 Å². The van der Waals surface area contributed by atoms with Crippen molar-refractivity contribution in [3.63, 3.8) is 0 Å². The molecule has 2 fully saturated rings. The molecular formula is C20H37N3O5S. The standard InChI is InChI=1S/C20H37N3O5S/c1-3-13-29(27,28)22(2)15-18(19(24)21-26)17(14-16-9-5-6-10-16)20(25)23-11-7-4-8-12-23/h16-18,26H,3-15H2,1-2H3,(H,21,24). The van der Waals surface area contributed by atoms with Gasteiger partial charge in [0.05, 0.1) is 17.6 Å². The first-order valence-electron chi connectivity index (χ1n) is 11.0. The second-order valence-corrected chi connectivity index (χ2v) is 10.8. The molecule has 8 nitrogen and oxygen atoms in total. The van der Waals surface area contributed by atoms with Crippen molar-refractivity contribution in [2.24, 2.45) is 17.8 Å². The maximum atomic E-state index is 13.4. The molecule has 1 saturated heterocycles. The minimum Gasteiger partial charge on any atom is -0.342 e. The number of hydrogen-bond donors (Lipinski definition) is 2. The first-order chi connectivity index (χ1) is 13.8. The smallest absolute Gasteiger partial charge is 0.248 e. The molecule has 0 bridgehead atoms. The van der Waals surface area contributed by atoms with Crippen molar-refractivity contribution in [3.05, 3.63) is 0 Å². The van der Waals surface area contributed by atoms with E-state index in [0.717, 1.165) is 44.9 Å². The van der Waals surface area contributed by atoms with Gasteiger partial charge in [0, 0.05) is 26.7 Å². The monoisotopic (exact) mass is 431 g/mol. The van der Waals surface area contributed by atoms with Gasteiger partial charge < -0.3 is 4.90 Å². The first kappa shape index (κ1) is 24.1. The van der Waals surface area contributed by atoms with Crippen LogP contribution in [0.3, 0.4) is 0 Å². The summed E-state index contributed by atoms with van der Waals surface area (Å²) in [5.41, 5.74) is 1.69. The van der Waals surface area contributed by atoms with Crippen LogP contribution in [0.25, 0.3) is 0 Å². The normalized spacial score (nSPS) is 20.6. The van der Waals surface area contributed by atoms with Crippen LogP contribution in [-0.4, -0.2) is 67.1 Å². The lowest BCUT2D eigenvalue weighted by Gasteiger charge is -2.35. The van der Waals surface area contributed by atoms with Gasteiger partial charge >= 0.3 is 0 Å². The molecule has 29 heavy (non-hydrogen) atoms. The Kier molecular flexibility index (Phi) is 9.36. The Morgan fingerprint density at radius 1 is 1.10 bits per heavy atom. The highest BCUT2D eigenvalue weighted by molar-refractivity contribution is 7.89. The lowest BCUT2D eigenvalue weighted by molar-refractivity contribution is -0.146. The van der Waals surface area contributed by atoms with Crippen molar-refractivity contribution in [1.82, 2.24) is 14.7 Å². The summed E-state index contributed by atoms with van der Waals surface area (Å²) in [5, 5.41) is 9.33. The Morgan fingerprint density at radius 3 is 2.28 bits per heavy atom. The van der Waals surface area contributed by atoms with Crippen molar-refractivity contribution in [2.45, 2.75) is 64.7 Å². The van der Waals surface area contributed by atoms with Crippen LogP contribution in [0.1, 0.15) is 64.7 Å². The highest BCUT2D eigenvalue weighted by atomic mass is 32.2. The molecule has 2 N–H and O–H groups in total. The number of nitrogens with one attached hydrogen (secondary N) is 1. The van der Waals surface area contributed by atoms with E-state index in [1.54, 1.807) is 12.4 Å². The van der Waals surface area contributed by atoms with Gasteiger partial charge in [0.25, 0.3) is 0 Å². The molecule has 0 aromatic carbocycles. The van der Waals surface area contributed by atoms with Gasteiger partial charge in [-0.2, -0.15) is 0 Å². The summed E-state index contributed by atoms with van der Waals surface area (Å²) < 4.78 is 26.1. The second kappa shape index (κ2) is 11.3. The predicted octanol–water partition coefficient (Wildman–Crippen LogP) is 1.99. The molecule has 2 atom stereocenters. The molecule has 2 amide bonds. The molecule has 2 aliphatic rings. The van der Waals surface area contributed by atoms with Crippen molar-refractivity contribution in [1.29, 1.82) is 0 Å². The molecule has 0 spiro atoms. The Morgan fingerprint density at radius 2 is 1.72 bits per heavy atom. The van der Waals surface area contributed by atoms with Gasteiger partial charge in [0.15, 0.2) is 0 Å². The van der Waals surface area contributed by atoms with Crippen molar-refractivity contribution >= 4 is 21.8 Å². The number of sulfonamides is 1. The Balaban J connectivity index is 2.26. The first-order valence-corrected chi connectivity index (χ1v) is 12.6. The second-order valence-electron chi connectivity index (χ2n) is 8.56. The molecule has 1 aliphatic heterocycles. The van der Waals surface area contributed by atoms with Crippen LogP contribution >= 0.6 is 0 Å². The number of amides is 2. The molecule has 0 radical (unpaired) electrons. The summed E-state index contributed by atoms with van der Waals surface area (Å²) in [4.78, 5) is 27.8. The fourth-order valence-corrected chi connectivity index (χ4v) is 5.89. The van der Waals surface area contributed by atoms with Crippen molar-refractivity contribution in [2.75, 3.05) is 32.4 Å². The quantitative estimate of drug-likeness (QED) is 0.406. The predicted molar refractivity (Wildman–Crippen MR) is 111 cm³/mol. The molecule has 2 unspecified atom stereocenters. The van der Waals surface area contributed by atoms with Gasteiger partial charge in [0.2, 0.25) is 21.8 Å². The van der Waals surface area contributed by atoms with E-state index >= 15 is 0 Å². The fraction of sp³-hybridized carbons (Fsp3) is 0.900. The molecule has 168 valence electrons. The van der Waals surface area contributed by atoms with Crippen molar-refractivity contribution in [3.8, 4) is 0 Å².